The fourth-order valence-electron chi connectivity index (χ4n) is 6.83. The highest BCUT2D eigenvalue weighted by molar-refractivity contribution is 7.86. The fraction of sp³-hybridized carbons (Fsp3) is 0.500. The molecule has 40 heteroatoms. The van der Waals surface area contributed by atoms with Crippen molar-refractivity contribution in [3.8, 4) is 0 Å². The molecule has 0 amide bonds. The number of aliphatic hydroxyl groups excluding tert-OH is 12. The largest absolute Gasteiger partial charge is 0.395 e. The molecule has 0 bridgehead atoms. The van der Waals surface area contributed by atoms with E-state index in [2.05, 4.69) is 51.2 Å². The Bertz CT molecular complexity index is 2980. The second-order valence-electron chi connectivity index (χ2n) is 17.0. The molecule has 80 heavy (non-hydrogen) atoms. The number of rotatable bonds is 34. The van der Waals surface area contributed by atoms with E-state index >= 15 is 0 Å². The number of nitrogens with one attached hydrogen (secondary N) is 4. The highest BCUT2D eigenvalue weighted by Gasteiger charge is 2.34. The highest BCUT2D eigenvalue weighted by Crippen LogP contribution is 2.29. The summed E-state index contributed by atoms with van der Waals surface area (Å²) in [5.41, 5.74) is -1.01. The van der Waals surface area contributed by atoms with Crippen LogP contribution in [-0.2, 0) is 40.5 Å². The molecule has 0 aliphatic rings. The van der Waals surface area contributed by atoms with Crippen LogP contribution in [0.1, 0.15) is 11.1 Å². The maximum Gasteiger partial charge on any atom is 0.295 e. The van der Waals surface area contributed by atoms with Crippen LogP contribution >= 0.6 is 0 Å². The van der Waals surface area contributed by atoms with Crippen LogP contribution in [0.4, 0.5) is 47.1 Å². The van der Waals surface area contributed by atoms with Crippen LogP contribution in [0, 0.1) is 0 Å². The van der Waals surface area contributed by atoms with Crippen LogP contribution < -0.4 is 31.1 Å². The zero-order chi connectivity index (χ0) is 59.9. The van der Waals surface area contributed by atoms with Gasteiger partial charge < -0.3 is 92.3 Å². The first kappa shape index (κ1) is 66.7. The summed E-state index contributed by atoms with van der Waals surface area (Å²) < 4.78 is 136. The molecule has 0 radical (unpaired) electrons. The van der Waals surface area contributed by atoms with E-state index in [-0.39, 0.29) is 22.5 Å². The molecule has 0 saturated heterocycles. The van der Waals surface area contributed by atoms with Crippen molar-refractivity contribution in [2.45, 2.75) is 58.6 Å². The first-order valence-electron chi connectivity index (χ1n) is 23.0. The first-order chi connectivity index (χ1) is 37.3. The van der Waals surface area contributed by atoms with Gasteiger partial charge in [-0.25, -0.2) is 0 Å². The Balaban J connectivity index is 1.73. The molecule has 20 N–H and O–H groups in total. The van der Waals surface area contributed by atoms with Gasteiger partial charge in [0.05, 0.1) is 37.9 Å². The van der Waals surface area contributed by atoms with Crippen LogP contribution in [0.5, 0.6) is 0 Å². The number of nitrogens with zero attached hydrogens (tertiary/aromatic N) is 8. The maximum atomic E-state index is 12.8. The second-order valence-corrected chi connectivity index (χ2v) is 22.9. The lowest BCUT2D eigenvalue weighted by atomic mass is 10.0. The third-order valence-electron chi connectivity index (χ3n) is 10.8. The Morgan fingerprint density at radius 1 is 0.463 bits per heavy atom. The van der Waals surface area contributed by atoms with E-state index in [1.807, 2.05) is 0 Å². The van der Waals surface area contributed by atoms with Gasteiger partial charge in [0.15, 0.2) is 0 Å². The molecule has 0 aliphatic carbocycles. The van der Waals surface area contributed by atoms with Gasteiger partial charge >= 0.3 is 0 Å². The van der Waals surface area contributed by atoms with E-state index in [4.69, 9.17) is 10.2 Å². The summed E-state index contributed by atoms with van der Waals surface area (Å²) >= 11 is 0. The first-order valence-corrected chi connectivity index (χ1v) is 29.1. The van der Waals surface area contributed by atoms with Gasteiger partial charge in [0.1, 0.15) is 58.6 Å². The van der Waals surface area contributed by atoms with Crippen molar-refractivity contribution in [1.82, 2.24) is 29.9 Å². The Morgan fingerprint density at radius 2 is 0.787 bits per heavy atom. The fourth-order valence-corrected chi connectivity index (χ4v) is 8.97. The smallest absolute Gasteiger partial charge is 0.295 e. The van der Waals surface area contributed by atoms with Crippen molar-refractivity contribution in [3.63, 3.8) is 0 Å². The molecule has 8 atom stereocenters. The zero-order valence-electron chi connectivity index (χ0n) is 41.4. The van der Waals surface area contributed by atoms with Crippen molar-refractivity contribution < 1.29 is 113 Å². The number of benzene rings is 2. The Hall–Kier alpha value is -5.84. The van der Waals surface area contributed by atoms with Crippen LogP contribution in [0.2, 0.25) is 0 Å². The summed E-state index contributed by atoms with van der Waals surface area (Å²) in [4.78, 5) is 25.0. The predicted octanol–water partition coefficient (Wildman–Crippen LogP) is -6.72. The topological polar surface area (TPSA) is 592 Å². The van der Waals surface area contributed by atoms with Crippen molar-refractivity contribution in [3.05, 3.63) is 47.5 Å². The van der Waals surface area contributed by atoms with E-state index in [9.17, 15) is 103 Å². The van der Waals surface area contributed by atoms with Gasteiger partial charge in [0.25, 0.3) is 40.5 Å². The average molecular weight is 1220 g/mol. The van der Waals surface area contributed by atoms with Crippen molar-refractivity contribution in [2.75, 3.05) is 108 Å². The average Bonchev–Trinajstić information content (AvgIpc) is 3.37. The number of hydrogen-bond acceptors (Lipinski definition) is 32. The molecule has 2 aromatic heterocycles. The standard InChI is InChI=1S/C40H60N12O24S4/c53-11-9-51(17-25(57)31(61)33(63)27(59)19-55)39-47-35(41-7-13-77(65,66)67)45-37(49-39)43-23-5-3-21(29(15-23)79(71,72)73)1-2-22-4-6-24(16-30(22)80(74,75)76)44-38-46-36(42-8-14-78(68,69)70)48-40(50-38)52(10-12-54)18-26(58)32(62)34(64)28(60)20-56/h1-6,15-16,25-28,31-34,53-64H,7-14,17-20H2,(H,65,66,67)(H,68,69,70)(H,71,72,73)(H,74,75,76)(H2,41,43,45,47,49)(H2,42,44,46,48,50)/b2-1+. The van der Waals surface area contributed by atoms with Crippen molar-refractivity contribution >= 4 is 99.7 Å². The molecule has 0 aliphatic heterocycles. The molecule has 2 aromatic carbocycles. The minimum absolute atomic E-state index is 0.196. The number of hydrogen-bond donors (Lipinski definition) is 20. The molecule has 2 heterocycles. The van der Waals surface area contributed by atoms with E-state index in [1.54, 1.807) is 0 Å². The van der Waals surface area contributed by atoms with Crippen molar-refractivity contribution in [1.29, 1.82) is 0 Å². The molecule has 0 spiro atoms. The van der Waals surface area contributed by atoms with E-state index in [1.165, 1.54) is 12.1 Å². The third-order valence-corrected chi connectivity index (χ3v) is 14.1. The van der Waals surface area contributed by atoms with Gasteiger partial charge in [-0.05, 0) is 35.4 Å². The Labute approximate surface area is 455 Å². The van der Waals surface area contributed by atoms with Gasteiger partial charge in [-0.2, -0.15) is 63.6 Å². The third kappa shape index (κ3) is 20.6. The molecule has 0 fully saturated rings. The molecule has 36 nitrogen and oxygen atoms in total. The normalized spacial score (nSPS) is 15.6. The van der Waals surface area contributed by atoms with Crippen LogP contribution in [0.25, 0.3) is 12.2 Å². The van der Waals surface area contributed by atoms with Crippen LogP contribution in [0.3, 0.4) is 0 Å². The molecule has 8 unspecified atom stereocenters. The summed E-state index contributed by atoms with van der Waals surface area (Å²) in [5.74, 6) is -4.37. The Morgan fingerprint density at radius 3 is 1.09 bits per heavy atom. The Kier molecular flexibility index (Phi) is 24.4. The molecular weight excluding hydrogens is 1160 g/mol. The summed E-state index contributed by atoms with van der Waals surface area (Å²) in [6, 6.07) is 6.30. The number of aliphatic hydroxyl groups is 12. The highest BCUT2D eigenvalue weighted by atomic mass is 32.2. The van der Waals surface area contributed by atoms with Gasteiger partial charge in [-0.15, -0.1) is 0 Å². The quantitative estimate of drug-likeness (QED) is 0.0153. The number of anilines is 8. The summed E-state index contributed by atoms with van der Waals surface area (Å²) in [7, 11) is -19.4. The van der Waals surface area contributed by atoms with Crippen LogP contribution in [-0.4, -0.2) is 269 Å². The van der Waals surface area contributed by atoms with Crippen LogP contribution in [0.15, 0.2) is 46.2 Å². The molecule has 448 valence electrons. The molecule has 0 saturated carbocycles. The van der Waals surface area contributed by atoms with E-state index in [0.29, 0.717) is 0 Å². The SMILES string of the molecule is O=S(=O)(O)CCNc1nc(Nc2ccc(/C=C/c3ccc(Nc4nc(NCCS(=O)(=O)O)nc(N(CCO)CC(O)C(O)C(O)C(O)CO)n4)cc3S(=O)(=O)O)c(S(=O)(=O)O)c2)nc(N(CCO)CC(O)C(O)C(O)C(O)CO)n1. The van der Waals surface area contributed by atoms with E-state index in [0.717, 1.165) is 46.2 Å². The molecule has 4 aromatic rings. The van der Waals surface area contributed by atoms with Gasteiger partial charge in [0, 0.05) is 50.6 Å². The lowest BCUT2D eigenvalue weighted by Crippen LogP contribution is -2.50. The maximum absolute atomic E-state index is 12.8. The second kappa shape index (κ2) is 29.2. The lowest BCUT2D eigenvalue weighted by Gasteiger charge is -2.30. The van der Waals surface area contributed by atoms with E-state index < -0.39 is 212 Å². The molecular formula is C40H60N12O24S4. The minimum atomic E-state index is -5.18. The van der Waals surface area contributed by atoms with Gasteiger partial charge in [0.2, 0.25) is 35.7 Å². The summed E-state index contributed by atoms with van der Waals surface area (Å²) in [6.45, 7) is -6.47. The number of aromatic nitrogens is 6. The summed E-state index contributed by atoms with van der Waals surface area (Å²) in [5, 5.41) is 130. The van der Waals surface area contributed by atoms with Crippen molar-refractivity contribution in [2.24, 2.45) is 0 Å². The summed E-state index contributed by atoms with van der Waals surface area (Å²) in [6.07, 6.45) is -13.9. The monoisotopic (exact) mass is 1220 g/mol. The predicted molar refractivity (Wildman–Crippen MR) is 278 cm³/mol. The molecule has 4 rings (SSSR count). The van der Waals surface area contributed by atoms with Gasteiger partial charge in [-0.1, -0.05) is 24.3 Å². The van der Waals surface area contributed by atoms with Gasteiger partial charge in [-0.3, -0.25) is 18.2 Å². The minimum Gasteiger partial charge on any atom is -0.395 e. The zero-order valence-corrected chi connectivity index (χ0v) is 44.6. The lowest BCUT2D eigenvalue weighted by molar-refractivity contribution is -0.112.